The van der Waals surface area contributed by atoms with Crippen molar-refractivity contribution in [3.8, 4) is 11.3 Å². The van der Waals surface area contributed by atoms with Crippen LogP contribution in [0.1, 0.15) is 140 Å². The standard InChI is InChI=1S/C42H51FN8O2.C17H22N3O2.W/c1-27(2)50-26-45-36-24-35(47-39(38(36)50)46-34-13-16-44-25-33(34)43)29-11-12-32-37(21-29)51(31-22-30(23-31)48-17-7-4-8-18-48)41(53)42(32)14-19-49(20-15-42)40(52)28-9-5-3-6-10-28;1-20(14-8-10-18-11-9-14)13-4-2-12(3-5-13)15-6-7-16(21)19-17(15)22;/h11-13,16,21,24-28,30-31H,3-10,14-15,17-20,22-23H2,1-2H3,(H,44,46,47);2-5,14-15H,6-11H2,1H3,(H,19,21,22);/q;-1;. The summed E-state index contributed by atoms with van der Waals surface area (Å²) in [5.41, 5.74) is 7.01. The minimum Gasteiger partial charge on any atom is -0.662 e. The van der Waals surface area contributed by atoms with Gasteiger partial charge in [0.2, 0.25) is 23.6 Å². The van der Waals surface area contributed by atoms with E-state index in [0.717, 1.165) is 111 Å². The first-order valence-corrected chi connectivity index (χ1v) is 28.0. The zero-order valence-electron chi connectivity index (χ0n) is 44.4. The number of hydrogen-bond donors (Lipinski definition) is 2. The molecule has 2 aliphatic carbocycles. The summed E-state index contributed by atoms with van der Waals surface area (Å²) in [6.45, 7) is 9.61. The van der Waals surface area contributed by atoms with Gasteiger partial charge in [-0.1, -0.05) is 62.8 Å². The van der Waals surface area contributed by atoms with E-state index in [1.54, 1.807) is 12.3 Å². The Bertz CT molecular complexity index is 2900. The predicted octanol–water partition coefficient (Wildman–Crippen LogP) is 9.94. The smallest absolute Gasteiger partial charge is 0.238 e. The molecular formula is C59H73FN11O4W-. The molecule has 2 N–H and O–H groups in total. The monoisotopic (exact) mass is 1200 g/mol. The maximum Gasteiger partial charge on any atom is 0.238 e. The molecule has 0 radical (unpaired) electrons. The van der Waals surface area contributed by atoms with Crippen LogP contribution in [0.2, 0.25) is 0 Å². The molecule has 12 rings (SSSR count). The van der Waals surface area contributed by atoms with E-state index in [0.29, 0.717) is 68.3 Å². The Morgan fingerprint density at radius 2 is 1.59 bits per heavy atom. The molecule has 2 aromatic carbocycles. The third-order valence-corrected chi connectivity index (χ3v) is 17.8. The van der Waals surface area contributed by atoms with Crippen LogP contribution in [-0.4, -0.2) is 117 Å². The topological polar surface area (TPSA) is 163 Å². The number of aromatic nitrogens is 4. The first-order valence-electron chi connectivity index (χ1n) is 28.0. The zero-order chi connectivity index (χ0) is 51.8. The molecule has 0 bridgehead atoms. The third kappa shape index (κ3) is 10.7. The van der Waals surface area contributed by atoms with Gasteiger partial charge < -0.3 is 34.8 Å². The SMILES string of the molecule is CC(C)n1cnc2cc(-c3ccc4c(c3)N(C3CC(N5CCCCC5)C3)C(=O)C43CCN(C(=O)C4CCCCC4)CC3)nc(Nc3ccncc3F)c21.CN(c1ccc(C2CCC(=O)NC2=O)cc1)C1CC[N-]CC1.[W]. The average Bonchev–Trinajstić information content (AvgIpc) is 4.00. The second kappa shape index (κ2) is 23.2. The van der Waals surface area contributed by atoms with Crippen molar-refractivity contribution >= 4 is 57.5 Å². The van der Waals surface area contributed by atoms with Crippen molar-refractivity contribution in [1.29, 1.82) is 0 Å². The van der Waals surface area contributed by atoms with Crippen molar-refractivity contribution < 1.29 is 44.6 Å². The van der Waals surface area contributed by atoms with Gasteiger partial charge in [-0.2, -0.15) is 0 Å². The van der Waals surface area contributed by atoms with Crippen molar-refractivity contribution in [2.45, 2.75) is 152 Å². The van der Waals surface area contributed by atoms with E-state index in [1.165, 1.54) is 37.6 Å². The Kier molecular flexibility index (Phi) is 16.4. The summed E-state index contributed by atoms with van der Waals surface area (Å²) >= 11 is 0. The van der Waals surface area contributed by atoms with Crippen molar-refractivity contribution in [3.63, 3.8) is 0 Å². The van der Waals surface area contributed by atoms with Crippen LogP contribution in [0.25, 0.3) is 27.6 Å². The van der Waals surface area contributed by atoms with Crippen LogP contribution in [0.5, 0.6) is 0 Å². The van der Waals surface area contributed by atoms with Gasteiger partial charge in [-0.25, -0.2) is 14.4 Å². The van der Waals surface area contributed by atoms with E-state index in [2.05, 4.69) is 91.8 Å². The molecule has 1 spiro atoms. The molecule has 5 aliphatic heterocycles. The first kappa shape index (κ1) is 53.8. The van der Waals surface area contributed by atoms with Gasteiger partial charge in [-0.15, -0.1) is 13.1 Å². The summed E-state index contributed by atoms with van der Waals surface area (Å²) in [5.74, 6) is 0.130. The van der Waals surface area contributed by atoms with Crippen molar-refractivity contribution in [1.82, 2.24) is 34.6 Å². The van der Waals surface area contributed by atoms with Crippen LogP contribution in [0.4, 0.5) is 27.3 Å². The molecule has 3 aromatic heterocycles. The number of piperidine rings is 4. The number of benzene rings is 2. The molecule has 76 heavy (non-hydrogen) atoms. The Morgan fingerprint density at radius 3 is 2.29 bits per heavy atom. The van der Waals surface area contributed by atoms with E-state index >= 15 is 0 Å². The normalized spacial score (nSPS) is 23.1. The summed E-state index contributed by atoms with van der Waals surface area (Å²) < 4.78 is 16.9. The summed E-state index contributed by atoms with van der Waals surface area (Å²) in [6.07, 6.45) is 20.4. The molecule has 7 aliphatic rings. The van der Waals surface area contributed by atoms with Crippen LogP contribution in [-0.2, 0) is 45.7 Å². The molecule has 2 saturated carbocycles. The number of halogens is 1. The fraction of sp³-hybridized carbons (Fsp3) is 0.542. The summed E-state index contributed by atoms with van der Waals surface area (Å²) in [5, 5.41) is 10.1. The largest absolute Gasteiger partial charge is 0.662 e. The Hall–Kier alpha value is -5.57. The number of likely N-dealkylation sites (tertiary alicyclic amines) is 2. The van der Waals surface area contributed by atoms with E-state index in [1.807, 2.05) is 29.1 Å². The molecular weight excluding hydrogens is 1130 g/mol. The maximum absolute atomic E-state index is 14.9. The van der Waals surface area contributed by atoms with E-state index in [-0.39, 0.29) is 68.4 Å². The van der Waals surface area contributed by atoms with Crippen LogP contribution in [0.15, 0.2) is 73.3 Å². The number of nitrogens with zero attached hydrogens (tertiary/aromatic N) is 9. The number of carbonyl (C=O) groups is 4. The first-order chi connectivity index (χ1) is 36.5. The molecule has 4 saturated heterocycles. The Labute approximate surface area is 460 Å². The molecule has 4 amide bonds. The number of imidazole rings is 1. The fourth-order valence-corrected chi connectivity index (χ4v) is 13.2. The number of nitrogens with one attached hydrogen (secondary N) is 2. The third-order valence-electron chi connectivity index (χ3n) is 17.8. The van der Waals surface area contributed by atoms with E-state index < -0.39 is 11.2 Å². The number of pyridine rings is 2. The molecule has 1 unspecified atom stereocenters. The van der Waals surface area contributed by atoms with Gasteiger partial charge >= 0.3 is 0 Å². The van der Waals surface area contributed by atoms with Gasteiger partial charge in [0.15, 0.2) is 11.6 Å². The van der Waals surface area contributed by atoms with Crippen molar-refractivity contribution in [2.75, 3.05) is 61.4 Å². The minimum atomic E-state index is -0.633. The van der Waals surface area contributed by atoms with Gasteiger partial charge in [0, 0.05) is 101 Å². The molecule has 15 nitrogen and oxygen atoms in total. The van der Waals surface area contributed by atoms with Gasteiger partial charge in [0.25, 0.3) is 0 Å². The van der Waals surface area contributed by atoms with Gasteiger partial charge in [0.1, 0.15) is 5.52 Å². The number of carbonyl (C=O) groups excluding carboxylic acids is 4. The number of rotatable bonds is 10. The summed E-state index contributed by atoms with van der Waals surface area (Å²) in [4.78, 5) is 74.6. The fourth-order valence-electron chi connectivity index (χ4n) is 13.2. The zero-order valence-corrected chi connectivity index (χ0v) is 47.3. The van der Waals surface area contributed by atoms with Gasteiger partial charge in [0.05, 0.1) is 40.8 Å². The van der Waals surface area contributed by atoms with Crippen LogP contribution < -0.4 is 20.4 Å². The van der Waals surface area contributed by atoms with Gasteiger partial charge in [-0.3, -0.25) is 29.5 Å². The van der Waals surface area contributed by atoms with Crippen LogP contribution in [0, 0.1) is 11.7 Å². The number of fused-ring (bicyclic) bond motifs is 3. The number of anilines is 4. The Balaban J connectivity index is 0.000000239. The average molecular weight is 1200 g/mol. The van der Waals surface area contributed by atoms with E-state index in [4.69, 9.17) is 9.97 Å². The molecule has 1 atom stereocenters. The van der Waals surface area contributed by atoms with Gasteiger partial charge in [-0.05, 0) is 126 Å². The molecule has 6 fully saturated rings. The second-order valence-electron chi connectivity index (χ2n) is 22.6. The van der Waals surface area contributed by atoms with Crippen molar-refractivity contribution in [2.24, 2.45) is 5.92 Å². The van der Waals surface area contributed by atoms with Crippen LogP contribution >= 0.6 is 0 Å². The Morgan fingerprint density at radius 1 is 0.868 bits per heavy atom. The maximum atomic E-state index is 14.9. The number of imide groups is 1. The molecule has 402 valence electrons. The van der Waals surface area contributed by atoms with E-state index in [9.17, 15) is 23.6 Å². The second-order valence-corrected chi connectivity index (χ2v) is 22.6. The summed E-state index contributed by atoms with van der Waals surface area (Å²) in [6, 6.07) is 19.5. The predicted molar refractivity (Wildman–Crippen MR) is 291 cm³/mol. The minimum absolute atomic E-state index is 0. The summed E-state index contributed by atoms with van der Waals surface area (Å²) in [7, 11) is 2.12. The van der Waals surface area contributed by atoms with Crippen LogP contribution in [0.3, 0.4) is 0 Å². The molecule has 17 heteroatoms. The molecule has 8 heterocycles. The molecule has 5 aromatic rings. The number of hydrogen-bond acceptors (Lipinski definition) is 10. The quantitative estimate of drug-likeness (QED) is 0.129. The number of amides is 4. The van der Waals surface area contributed by atoms with Crippen molar-refractivity contribution in [3.05, 3.63) is 95.6 Å².